The van der Waals surface area contributed by atoms with Gasteiger partial charge in [-0.2, -0.15) is 9.97 Å². The maximum atomic E-state index is 9.91. The predicted molar refractivity (Wildman–Crippen MR) is 106 cm³/mol. The van der Waals surface area contributed by atoms with E-state index in [1.807, 2.05) is 26.0 Å². The number of aliphatic hydroxyl groups is 1. The minimum atomic E-state index is -0.971. The Morgan fingerprint density at radius 2 is 2.00 bits per heavy atom. The third-order valence-corrected chi connectivity index (χ3v) is 4.29. The number of aliphatic imine (C=N–C) groups is 1. The summed E-state index contributed by atoms with van der Waals surface area (Å²) in [5.41, 5.74) is 0.785. The van der Waals surface area contributed by atoms with Crippen LogP contribution >= 0.6 is 0 Å². The van der Waals surface area contributed by atoms with Crippen LogP contribution in [0.2, 0.25) is 0 Å². The van der Waals surface area contributed by atoms with Crippen LogP contribution < -0.4 is 9.64 Å². The highest BCUT2D eigenvalue weighted by molar-refractivity contribution is 5.78. The standard InChI is InChI=1S/C20H28N4O4/c1-14-9-17(28-15(14)2)12-21-11-16-10-18(24-5-7-26-8-6-24)23-19(22-16)27-13-20(3,4)25/h9-11,25H,5-8,12-13H2,1-4H3. The normalized spacial score (nSPS) is 15.4. The number of anilines is 1. The molecule has 0 aromatic carbocycles. The molecule has 8 nitrogen and oxygen atoms in total. The first-order valence-corrected chi connectivity index (χ1v) is 9.43. The van der Waals surface area contributed by atoms with Gasteiger partial charge in [0.05, 0.1) is 31.1 Å². The summed E-state index contributed by atoms with van der Waals surface area (Å²) in [5, 5.41) is 9.91. The van der Waals surface area contributed by atoms with E-state index in [4.69, 9.17) is 13.9 Å². The zero-order valence-corrected chi connectivity index (χ0v) is 16.9. The van der Waals surface area contributed by atoms with Crippen molar-refractivity contribution in [1.82, 2.24) is 9.97 Å². The molecule has 0 amide bonds. The molecule has 0 bridgehead atoms. The Morgan fingerprint density at radius 1 is 1.25 bits per heavy atom. The van der Waals surface area contributed by atoms with Gasteiger partial charge in [-0.05, 0) is 39.3 Å². The summed E-state index contributed by atoms with van der Waals surface area (Å²) in [6.45, 7) is 10.7. The van der Waals surface area contributed by atoms with Crippen LogP contribution in [0.3, 0.4) is 0 Å². The predicted octanol–water partition coefficient (Wildman–Crippen LogP) is 2.29. The van der Waals surface area contributed by atoms with Crippen LogP contribution in [0.1, 0.15) is 36.6 Å². The monoisotopic (exact) mass is 388 g/mol. The van der Waals surface area contributed by atoms with E-state index in [9.17, 15) is 5.11 Å². The maximum absolute atomic E-state index is 9.91. The molecule has 0 aliphatic carbocycles. The Kier molecular flexibility index (Phi) is 6.31. The molecule has 0 atom stereocenters. The topological polar surface area (TPSA) is 93.2 Å². The van der Waals surface area contributed by atoms with Gasteiger partial charge in [0, 0.05) is 25.4 Å². The maximum Gasteiger partial charge on any atom is 0.319 e. The highest BCUT2D eigenvalue weighted by atomic mass is 16.5. The quantitative estimate of drug-likeness (QED) is 0.728. The van der Waals surface area contributed by atoms with Crippen molar-refractivity contribution in [3.05, 3.63) is 34.9 Å². The van der Waals surface area contributed by atoms with Gasteiger partial charge < -0.3 is 23.9 Å². The second kappa shape index (κ2) is 8.70. The number of nitrogens with zero attached hydrogens (tertiary/aromatic N) is 4. The van der Waals surface area contributed by atoms with Gasteiger partial charge in [-0.25, -0.2) is 0 Å². The van der Waals surface area contributed by atoms with Gasteiger partial charge in [0.2, 0.25) is 0 Å². The number of hydrogen-bond acceptors (Lipinski definition) is 8. The van der Waals surface area contributed by atoms with Crippen molar-refractivity contribution in [3.8, 4) is 6.01 Å². The Labute approximate surface area is 165 Å². The average molecular weight is 388 g/mol. The van der Waals surface area contributed by atoms with Crippen molar-refractivity contribution >= 4 is 12.0 Å². The first-order chi connectivity index (χ1) is 13.3. The Morgan fingerprint density at radius 3 is 2.64 bits per heavy atom. The van der Waals surface area contributed by atoms with E-state index in [1.54, 1.807) is 20.1 Å². The highest BCUT2D eigenvalue weighted by Crippen LogP contribution is 2.18. The fourth-order valence-corrected chi connectivity index (χ4v) is 2.71. The summed E-state index contributed by atoms with van der Waals surface area (Å²) in [6.07, 6.45) is 1.69. The number of morpholine rings is 1. The summed E-state index contributed by atoms with van der Waals surface area (Å²) in [5.74, 6) is 2.48. The summed E-state index contributed by atoms with van der Waals surface area (Å²) in [4.78, 5) is 15.5. The van der Waals surface area contributed by atoms with Crippen LogP contribution in [0.25, 0.3) is 0 Å². The van der Waals surface area contributed by atoms with E-state index in [1.165, 1.54) is 0 Å². The fraction of sp³-hybridized carbons (Fsp3) is 0.550. The molecule has 28 heavy (non-hydrogen) atoms. The van der Waals surface area contributed by atoms with Crippen molar-refractivity contribution in [2.75, 3.05) is 37.8 Å². The zero-order valence-electron chi connectivity index (χ0n) is 16.9. The molecule has 8 heteroatoms. The second-order valence-corrected chi connectivity index (χ2v) is 7.56. The van der Waals surface area contributed by atoms with Gasteiger partial charge in [-0.15, -0.1) is 0 Å². The number of hydrogen-bond donors (Lipinski definition) is 1. The van der Waals surface area contributed by atoms with Crippen LogP contribution in [0, 0.1) is 13.8 Å². The lowest BCUT2D eigenvalue weighted by atomic mass is 10.2. The first-order valence-electron chi connectivity index (χ1n) is 9.43. The second-order valence-electron chi connectivity index (χ2n) is 7.56. The molecule has 152 valence electrons. The number of ether oxygens (including phenoxy) is 2. The molecule has 2 aromatic rings. The first kappa shape index (κ1) is 20.3. The van der Waals surface area contributed by atoms with Crippen LogP contribution in [-0.4, -0.2) is 59.8 Å². The summed E-state index contributed by atoms with van der Waals surface area (Å²) in [7, 11) is 0. The number of furan rings is 1. The minimum Gasteiger partial charge on any atom is -0.464 e. The molecule has 1 fully saturated rings. The summed E-state index contributed by atoms with van der Waals surface area (Å²) < 4.78 is 16.7. The number of rotatable bonds is 7. The smallest absolute Gasteiger partial charge is 0.319 e. The van der Waals surface area contributed by atoms with Crippen molar-refractivity contribution in [1.29, 1.82) is 0 Å². The third kappa shape index (κ3) is 5.77. The lowest BCUT2D eigenvalue weighted by molar-refractivity contribution is 0.0250. The highest BCUT2D eigenvalue weighted by Gasteiger charge is 2.18. The Hall–Kier alpha value is -2.45. The minimum absolute atomic E-state index is 0.0983. The lowest BCUT2D eigenvalue weighted by Gasteiger charge is -2.28. The van der Waals surface area contributed by atoms with Gasteiger partial charge in [0.25, 0.3) is 0 Å². The van der Waals surface area contributed by atoms with E-state index in [0.29, 0.717) is 25.5 Å². The van der Waals surface area contributed by atoms with Crippen LogP contribution in [0.5, 0.6) is 6.01 Å². The fourth-order valence-electron chi connectivity index (χ4n) is 2.71. The van der Waals surface area contributed by atoms with E-state index in [0.717, 1.165) is 36.0 Å². The van der Waals surface area contributed by atoms with Crippen LogP contribution in [0.15, 0.2) is 21.5 Å². The molecule has 1 aliphatic heterocycles. The molecule has 0 spiro atoms. The molecule has 0 unspecified atom stereocenters. The van der Waals surface area contributed by atoms with Gasteiger partial charge in [-0.1, -0.05) is 0 Å². The molecule has 1 N–H and O–H groups in total. The number of aryl methyl sites for hydroxylation is 2. The van der Waals surface area contributed by atoms with E-state index >= 15 is 0 Å². The molecule has 0 saturated carbocycles. The molecule has 0 radical (unpaired) electrons. The Bertz CT molecular complexity index is 801. The lowest BCUT2D eigenvalue weighted by Crippen LogP contribution is -2.37. The van der Waals surface area contributed by atoms with Crippen LogP contribution in [0.4, 0.5) is 5.82 Å². The molecule has 1 saturated heterocycles. The molecule has 2 aromatic heterocycles. The molecular formula is C20H28N4O4. The zero-order chi connectivity index (χ0) is 20.1. The van der Waals surface area contributed by atoms with Crippen LogP contribution in [-0.2, 0) is 11.3 Å². The van der Waals surface area contributed by atoms with Crippen molar-refractivity contribution in [2.45, 2.75) is 39.8 Å². The summed E-state index contributed by atoms with van der Waals surface area (Å²) in [6, 6.07) is 4.09. The van der Waals surface area contributed by atoms with Crippen molar-refractivity contribution in [3.63, 3.8) is 0 Å². The molecular weight excluding hydrogens is 360 g/mol. The third-order valence-electron chi connectivity index (χ3n) is 4.29. The van der Waals surface area contributed by atoms with Gasteiger partial charge in [0.15, 0.2) is 0 Å². The molecule has 3 rings (SSSR count). The van der Waals surface area contributed by atoms with Crippen molar-refractivity contribution in [2.24, 2.45) is 4.99 Å². The Balaban J connectivity index is 1.78. The number of aromatic nitrogens is 2. The van der Waals surface area contributed by atoms with Crippen molar-refractivity contribution < 1.29 is 19.0 Å². The van der Waals surface area contributed by atoms with Gasteiger partial charge in [-0.3, -0.25) is 4.99 Å². The van der Waals surface area contributed by atoms with E-state index < -0.39 is 5.60 Å². The largest absolute Gasteiger partial charge is 0.464 e. The van der Waals surface area contributed by atoms with Gasteiger partial charge >= 0.3 is 6.01 Å². The SMILES string of the molecule is Cc1cc(CN=Cc2cc(N3CCOCC3)nc(OCC(C)(C)O)n2)oc1C. The van der Waals surface area contributed by atoms with E-state index in [2.05, 4.69) is 19.9 Å². The van der Waals surface area contributed by atoms with Gasteiger partial charge in [0.1, 0.15) is 23.9 Å². The molecule has 1 aliphatic rings. The van der Waals surface area contributed by atoms with E-state index in [-0.39, 0.29) is 12.6 Å². The average Bonchev–Trinajstić information content (AvgIpc) is 2.98. The summed E-state index contributed by atoms with van der Waals surface area (Å²) >= 11 is 0. The molecule has 3 heterocycles.